The van der Waals surface area contributed by atoms with Gasteiger partial charge in [0.05, 0.1) is 11.1 Å². The van der Waals surface area contributed by atoms with E-state index in [4.69, 9.17) is 4.74 Å². The molecule has 0 aliphatic rings. The first-order valence-electron chi connectivity index (χ1n) is 6.89. The summed E-state index contributed by atoms with van der Waals surface area (Å²) in [5, 5.41) is 3.48. The molecule has 1 aromatic carbocycles. The van der Waals surface area contributed by atoms with E-state index in [-0.39, 0.29) is 0 Å². The van der Waals surface area contributed by atoms with E-state index in [1.807, 2.05) is 13.0 Å². The largest absolute Gasteiger partial charge is 0.493 e. The van der Waals surface area contributed by atoms with Gasteiger partial charge in [0.2, 0.25) is 0 Å². The van der Waals surface area contributed by atoms with Crippen LogP contribution in [0.1, 0.15) is 45.1 Å². The van der Waals surface area contributed by atoms with Crippen LogP contribution in [-0.2, 0) is 6.54 Å². The van der Waals surface area contributed by atoms with Crippen molar-refractivity contribution in [3.63, 3.8) is 0 Å². The lowest BCUT2D eigenvalue weighted by Gasteiger charge is -2.09. The summed E-state index contributed by atoms with van der Waals surface area (Å²) in [6, 6.07) is 6.28. The molecule has 0 saturated heterocycles. The van der Waals surface area contributed by atoms with Crippen LogP contribution in [0.5, 0.6) is 5.75 Å². The molecule has 0 aliphatic carbocycles. The van der Waals surface area contributed by atoms with Crippen LogP contribution in [0.2, 0.25) is 0 Å². The Hall–Kier alpha value is -0.540. The first-order valence-corrected chi connectivity index (χ1v) is 7.69. The SMILES string of the molecule is CCCCCCNCc1ccc(OCC)c(Br)c1. The van der Waals surface area contributed by atoms with Crippen molar-refractivity contribution < 1.29 is 4.74 Å². The lowest BCUT2D eigenvalue weighted by molar-refractivity contribution is 0.338. The van der Waals surface area contributed by atoms with Gasteiger partial charge in [-0.1, -0.05) is 32.3 Å². The predicted octanol–water partition coefficient (Wildman–Crippen LogP) is 4.52. The van der Waals surface area contributed by atoms with Gasteiger partial charge in [-0.05, 0) is 53.5 Å². The molecule has 2 nitrogen and oxygen atoms in total. The van der Waals surface area contributed by atoms with E-state index in [1.54, 1.807) is 0 Å². The first kappa shape index (κ1) is 15.5. The lowest BCUT2D eigenvalue weighted by Crippen LogP contribution is -2.14. The minimum Gasteiger partial charge on any atom is -0.493 e. The molecule has 0 fully saturated rings. The Morgan fingerprint density at radius 1 is 1.17 bits per heavy atom. The maximum absolute atomic E-state index is 5.49. The fourth-order valence-electron chi connectivity index (χ4n) is 1.84. The summed E-state index contributed by atoms with van der Waals surface area (Å²) >= 11 is 3.54. The van der Waals surface area contributed by atoms with Gasteiger partial charge >= 0.3 is 0 Å². The van der Waals surface area contributed by atoms with Gasteiger partial charge in [-0.25, -0.2) is 0 Å². The molecule has 0 bridgehead atoms. The molecule has 0 spiro atoms. The van der Waals surface area contributed by atoms with Crippen LogP contribution in [0.3, 0.4) is 0 Å². The maximum atomic E-state index is 5.49. The van der Waals surface area contributed by atoms with Crippen LogP contribution in [0.15, 0.2) is 22.7 Å². The highest BCUT2D eigenvalue weighted by molar-refractivity contribution is 9.10. The molecule has 1 aromatic rings. The van der Waals surface area contributed by atoms with Crippen molar-refractivity contribution in [2.24, 2.45) is 0 Å². The second-order valence-corrected chi connectivity index (χ2v) is 5.29. The molecule has 3 heteroatoms. The molecule has 1 N–H and O–H groups in total. The van der Waals surface area contributed by atoms with Gasteiger partial charge < -0.3 is 10.1 Å². The summed E-state index contributed by atoms with van der Waals surface area (Å²) in [5.74, 6) is 0.921. The molecule has 0 atom stereocenters. The number of unbranched alkanes of at least 4 members (excludes halogenated alkanes) is 3. The molecule has 0 saturated carbocycles. The second kappa shape index (κ2) is 9.40. The van der Waals surface area contributed by atoms with Crippen molar-refractivity contribution in [1.29, 1.82) is 0 Å². The number of hydrogen-bond acceptors (Lipinski definition) is 2. The molecule has 0 radical (unpaired) electrons. The summed E-state index contributed by atoms with van der Waals surface area (Å²) < 4.78 is 6.53. The van der Waals surface area contributed by atoms with Crippen LogP contribution in [0, 0.1) is 0 Å². The Morgan fingerprint density at radius 3 is 2.67 bits per heavy atom. The summed E-state index contributed by atoms with van der Waals surface area (Å²) in [6.07, 6.45) is 5.24. The molecule has 0 aliphatic heterocycles. The minimum atomic E-state index is 0.702. The first-order chi connectivity index (χ1) is 8.77. The highest BCUT2D eigenvalue weighted by Gasteiger charge is 2.01. The van der Waals surface area contributed by atoms with Gasteiger partial charge in [-0.2, -0.15) is 0 Å². The summed E-state index contributed by atoms with van der Waals surface area (Å²) in [4.78, 5) is 0. The van der Waals surface area contributed by atoms with Crippen molar-refractivity contribution in [3.05, 3.63) is 28.2 Å². The second-order valence-electron chi connectivity index (χ2n) is 4.44. The Labute approximate surface area is 119 Å². The maximum Gasteiger partial charge on any atom is 0.133 e. The third kappa shape index (κ3) is 5.87. The number of rotatable bonds is 9. The van der Waals surface area contributed by atoms with Crippen molar-refractivity contribution >= 4 is 15.9 Å². The Morgan fingerprint density at radius 2 is 2.00 bits per heavy atom. The Bertz CT molecular complexity index is 341. The number of nitrogens with one attached hydrogen (secondary N) is 1. The molecule has 0 unspecified atom stereocenters. The zero-order chi connectivity index (χ0) is 13.2. The number of ether oxygens (including phenoxy) is 1. The molecule has 1 rings (SSSR count). The van der Waals surface area contributed by atoms with E-state index in [0.29, 0.717) is 6.61 Å². The normalized spacial score (nSPS) is 10.6. The van der Waals surface area contributed by atoms with Crippen LogP contribution in [-0.4, -0.2) is 13.2 Å². The van der Waals surface area contributed by atoms with Crippen LogP contribution < -0.4 is 10.1 Å². The van der Waals surface area contributed by atoms with Gasteiger partial charge in [0.15, 0.2) is 0 Å². The van der Waals surface area contributed by atoms with E-state index in [0.717, 1.165) is 23.3 Å². The molecular weight excluding hydrogens is 290 g/mol. The van der Waals surface area contributed by atoms with Gasteiger partial charge in [0.25, 0.3) is 0 Å². The van der Waals surface area contributed by atoms with E-state index in [9.17, 15) is 0 Å². The van der Waals surface area contributed by atoms with Gasteiger partial charge in [-0.3, -0.25) is 0 Å². The quantitative estimate of drug-likeness (QED) is 0.677. The number of hydrogen-bond donors (Lipinski definition) is 1. The zero-order valence-corrected chi connectivity index (χ0v) is 13.1. The topological polar surface area (TPSA) is 21.3 Å². The molecule has 0 heterocycles. The third-order valence-electron chi connectivity index (χ3n) is 2.83. The fraction of sp³-hybridized carbons (Fsp3) is 0.600. The van der Waals surface area contributed by atoms with Crippen LogP contribution in [0.4, 0.5) is 0 Å². The average Bonchev–Trinajstić information content (AvgIpc) is 2.37. The van der Waals surface area contributed by atoms with E-state index in [1.165, 1.54) is 31.2 Å². The molecule has 102 valence electrons. The van der Waals surface area contributed by atoms with E-state index < -0.39 is 0 Å². The molecular formula is C15H24BrNO. The monoisotopic (exact) mass is 313 g/mol. The fourth-order valence-corrected chi connectivity index (χ4v) is 2.38. The summed E-state index contributed by atoms with van der Waals surface area (Å²) in [5.41, 5.74) is 1.29. The van der Waals surface area contributed by atoms with Crippen molar-refractivity contribution in [2.75, 3.05) is 13.2 Å². The van der Waals surface area contributed by atoms with Gasteiger partial charge in [0, 0.05) is 6.54 Å². The number of halogens is 1. The predicted molar refractivity (Wildman–Crippen MR) is 81.2 cm³/mol. The van der Waals surface area contributed by atoms with Crippen molar-refractivity contribution in [1.82, 2.24) is 5.32 Å². The zero-order valence-electron chi connectivity index (χ0n) is 11.5. The van der Waals surface area contributed by atoms with Crippen LogP contribution in [0.25, 0.3) is 0 Å². The van der Waals surface area contributed by atoms with E-state index in [2.05, 4.69) is 40.3 Å². The highest BCUT2D eigenvalue weighted by Crippen LogP contribution is 2.25. The average molecular weight is 314 g/mol. The number of benzene rings is 1. The van der Waals surface area contributed by atoms with Crippen LogP contribution >= 0.6 is 15.9 Å². The smallest absolute Gasteiger partial charge is 0.133 e. The lowest BCUT2D eigenvalue weighted by atomic mass is 10.2. The van der Waals surface area contributed by atoms with E-state index >= 15 is 0 Å². The Balaban J connectivity index is 2.28. The van der Waals surface area contributed by atoms with Crippen molar-refractivity contribution in [2.45, 2.75) is 46.1 Å². The van der Waals surface area contributed by atoms with Gasteiger partial charge in [0.1, 0.15) is 5.75 Å². The van der Waals surface area contributed by atoms with Crippen molar-refractivity contribution in [3.8, 4) is 5.75 Å². The minimum absolute atomic E-state index is 0.702. The molecule has 18 heavy (non-hydrogen) atoms. The summed E-state index contributed by atoms with van der Waals surface area (Å²) in [6.45, 7) is 6.97. The Kier molecular flexibility index (Phi) is 8.10. The highest BCUT2D eigenvalue weighted by atomic mass is 79.9. The standard InChI is InChI=1S/C15H24BrNO/c1-3-5-6-7-10-17-12-13-8-9-15(18-4-2)14(16)11-13/h8-9,11,17H,3-7,10,12H2,1-2H3. The molecule has 0 aromatic heterocycles. The summed E-state index contributed by atoms with van der Waals surface area (Å²) in [7, 11) is 0. The molecule has 0 amide bonds. The third-order valence-corrected chi connectivity index (χ3v) is 3.45. The van der Waals surface area contributed by atoms with Gasteiger partial charge in [-0.15, -0.1) is 0 Å².